The highest BCUT2D eigenvalue weighted by Gasteiger charge is 2.39. The third-order valence-electron chi connectivity index (χ3n) is 4.06. The molecule has 1 aliphatic carbocycles. The number of alkyl halides is 3. The van der Waals surface area contributed by atoms with Crippen LogP contribution in [0.5, 0.6) is 0 Å². The van der Waals surface area contributed by atoms with Crippen molar-refractivity contribution < 1.29 is 21.6 Å². The largest absolute Gasteiger partial charge is 0.417 e. The summed E-state index contributed by atoms with van der Waals surface area (Å²) in [6.07, 6.45) is -1.78. The summed E-state index contributed by atoms with van der Waals surface area (Å²) in [6, 6.07) is 2.44. The van der Waals surface area contributed by atoms with Crippen LogP contribution in [0.3, 0.4) is 0 Å². The van der Waals surface area contributed by atoms with Crippen LogP contribution in [0.1, 0.15) is 31.2 Å². The Morgan fingerprint density at radius 3 is 2.46 bits per heavy atom. The molecule has 3 N–H and O–H groups in total. The van der Waals surface area contributed by atoms with Crippen molar-refractivity contribution in [3.05, 3.63) is 28.8 Å². The molecule has 0 bridgehead atoms. The van der Waals surface area contributed by atoms with Crippen LogP contribution in [0.2, 0.25) is 5.02 Å². The Balaban J connectivity index is 0.00000288. The minimum atomic E-state index is -4.81. The Hall–Kier alpha value is -0.540. The predicted molar refractivity (Wildman–Crippen MR) is 88.8 cm³/mol. The molecule has 0 spiro atoms. The monoisotopic (exact) mass is 406 g/mol. The van der Waals surface area contributed by atoms with Gasteiger partial charge in [0.1, 0.15) is 4.90 Å². The van der Waals surface area contributed by atoms with Crippen LogP contribution < -0.4 is 10.5 Å². The van der Waals surface area contributed by atoms with Gasteiger partial charge < -0.3 is 5.73 Å². The third kappa shape index (κ3) is 4.76. The molecule has 2 unspecified atom stereocenters. The molecule has 0 amide bonds. The summed E-state index contributed by atoms with van der Waals surface area (Å²) >= 11 is 5.76. The van der Waals surface area contributed by atoms with Crippen molar-refractivity contribution in [2.75, 3.05) is 6.54 Å². The maximum atomic E-state index is 13.1. The maximum absolute atomic E-state index is 13.1. The molecule has 138 valence electrons. The zero-order valence-corrected chi connectivity index (χ0v) is 15.0. The molecule has 1 saturated carbocycles. The predicted octanol–water partition coefficient (Wildman–Crippen LogP) is 3.58. The van der Waals surface area contributed by atoms with Crippen LogP contribution in [0.15, 0.2) is 23.1 Å². The standard InChI is InChI=1S/C14H18ClF3N2O2S.ClH/c15-11-6-3-5-10(14(16,17)18)13(11)23(21,22)20-12-7-2-1-4-9(12)8-19;/h3,5-6,9,12,20H,1-2,4,7-8,19H2;1H. The average molecular weight is 407 g/mol. The van der Waals surface area contributed by atoms with E-state index in [9.17, 15) is 21.6 Å². The van der Waals surface area contributed by atoms with Crippen molar-refractivity contribution >= 4 is 34.0 Å². The first-order valence-electron chi connectivity index (χ1n) is 7.25. The van der Waals surface area contributed by atoms with Crippen molar-refractivity contribution in [1.29, 1.82) is 0 Å². The molecule has 24 heavy (non-hydrogen) atoms. The molecular weight excluding hydrogens is 388 g/mol. The summed E-state index contributed by atoms with van der Waals surface area (Å²) in [5, 5.41) is -0.451. The van der Waals surface area contributed by atoms with Crippen molar-refractivity contribution in [2.24, 2.45) is 11.7 Å². The molecule has 4 nitrogen and oxygen atoms in total. The van der Waals surface area contributed by atoms with Gasteiger partial charge in [-0.2, -0.15) is 13.2 Å². The van der Waals surface area contributed by atoms with Gasteiger partial charge in [0.25, 0.3) is 0 Å². The van der Waals surface area contributed by atoms with Gasteiger partial charge in [-0.1, -0.05) is 30.5 Å². The Morgan fingerprint density at radius 1 is 1.25 bits per heavy atom. The van der Waals surface area contributed by atoms with E-state index < -0.39 is 37.7 Å². The second-order valence-corrected chi connectivity index (χ2v) is 7.68. The van der Waals surface area contributed by atoms with Crippen LogP contribution >= 0.6 is 24.0 Å². The van der Waals surface area contributed by atoms with E-state index in [2.05, 4.69) is 4.72 Å². The number of hydrogen-bond donors (Lipinski definition) is 2. The Morgan fingerprint density at radius 2 is 1.88 bits per heavy atom. The van der Waals surface area contributed by atoms with Gasteiger partial charge in [-0.05, 0) is 37.4 Å². The molecule has 0 heterocycles. The zero-order chi connectivity index (χ0) is 17.3. The van der Waals surface area contributed by atoms with E-state index in [1.165, 1.54) is 0 Å². The van der Waals surface area contributed by atoms with Crippen LogP contribution in [-0.4, -0.2) is 21.0 Å². The molecule has 0 aromatic heterocycles. The second kappa shape index (κ2) is 8.23. The molecule has 1 aromatic carbocycles. The SMILES string of the molecule is Cl.NCC1CCCCC1NS(=O)(=O)c1c(Cl)cccc1C(F)(F)F. The van der Waals surface area contributed by atoms with E-state index in [1.807, 2.05) is 0 Å². The highest BCUT2D eigenvalue weighted by atomic mass is 35.5. The van der Waals surface area contributed by atoms with E-state index in [0.29, 0.717) is 12.5 Å². The number of nitrogens with two attached hydrogens (primary N) is 1. The minimum Gasteiger partial charge on any atom is -0.330 e. The molecule has 1 aromatic rings. The molecule has 2 rings (SSSR count). The van der Waals surface area contributed by atoms with Crippen LogP contribution in [0.4, 0.5) is 13.2 Å². The van der Waals surface area contributed by atoms with Crippen LogP contribution in [-0.2, 0) is 16.2 Å². The van der Waals surface area contributed by atoms with Gasteiger partial charge in [0.15, 0.2) is 0 Å². The highest BCUT2D eigenvalue weighted by Crippen LogP contribution is 2.38. The second-order valence-electron chi connectivity index (χ2n) is 5.62. The number of sulfonamides is 1. The number of nitrogens with one attached hydrogen (secondary N) is 1. The summed E-state index contributed by atoms with van der Waals surface area (Å²) in [5.41, 5.74) is 4.37. The van der Waals surface area contributed by atoms with Gasteiger partial charge in [0, 0.05) is 6.04 Å². The lowest BCUT2D eigenvalue weighted by atomic mass is 9.85. The van der Waals surface area contributed by atoms with E-state index in [0.717, 1.165) is 31.4 Å². The Kier molecular flexibility index (Phi) is 7.37. The molecule has 10 heteroatoms. The zero-order valence-electron chi connectivity index (χ0n) is 12.6. The minimum absolute atomic E-state index is 0. The molecule has 2 atom stereocenters. The van der Waals surface area contributed by atoms with E-state index in [1.54, 1.807) is 0 Å². The number of hydrogen-bond acceptors (Lipinski definition) is 3. The Bertz CT molecular complexity index is 668. The van der Waals surface area contributed by atoms with Gasteiger partial charge in [0.2, 0.25) is 10.0 Å². The number of benzene rings is 1. The molecule has 1 aliphatic rings. The summed E-state index contributed by atoms with van der Waals surface area (Å²) in [7, 11) is -4.40. The van der Waals surface area contributed by atoms with Gasteiger partial charge in [0.05, 0.1) is 10.6 Å². The fraction of sp³-hybridized carbons (Fsp3) is 0.571. The smallest absolute Gasteiger partial charge is 0.330 e. The van der Waals surface area contributed by atoms with Crippen molar-refractivity contribution in [1.82, 2.24) is 4.72 Å². The number of rotatable bonds is 4. The Labute approximate surface area is 150 Å². The lowest BCUT2D eigenvalue weighted by molar-refractivity contribution is -0.139. The van der Waals surface area contributed by atoms with Gasteiger partial charge in [-0.15, -0.1) is 12.4 Å². The van der Waals surface area contributed by atoms with Crippen molar-refractivity contribution in [3.8, 4) is 0 Å². The molecule has 0 aliphatic heterocycles. The summed E-state index contributed by atoms with van der Waals surface area (Å²) in [4.78, 5) is -0.921. The average Bonchev–Trinajstić information content (AvgIpc) is 2.46. The normalized spacial score (nSPS) is 22.0. The van der Waals surface area contributed by atoms with Gasteiger partial charge in [-0.3, -0.25) is 0 Å². The summed E-state index contributed by atoms with van der Waals surface area (Å²) < 4.78 is 66.7. The van der Waals surface area contributed by atoms with E-state index in [4.69, 9.17) is 17.3 Å². The lowest BCUT2D eigenvalue weighted by Gasteiger charge is -2.31. The lowest BCUT2D eigenvalue weighted by Crippen LogP contribution is -2.45. The van der Waals surface area contributed by atoms with Crippen LogP contribution in [0.25, 0.3) is 0 Å². The summed E-state index contributed by atoms with van der Waals surface area (Å²) in [5.74, 6) is -0.0876. The highest BCUT2D eigenvalue weighted by molar-refractivity contribution is 7.89. The molecule has 0 saturated heterocycles. The van der Waals surface area contributed by atoms with Crippen molar-refractivity contribution in [2.45, 2.75) is 42.8 Å². The first-order chi connectivity index (χ1) is 10.7. The quantitative estimate of drug-likeness (QED) is 0.802. The molecule has 1 fully saturated rings. The third-order valence-corrected chi connectivity index (χ3v) is 6.08. The van der Waals surface area contributed by atoms with Crippen molar-refractivity contribution in [3.63, 3.8) is 0 Å². The first kappa shape index (κ1) is 21.5. The molecule has 0 radical (unpaired) electrons. The number of halogens is 5. The fourth-order valence-corrected chi connectivity index (χ4v) is 5.01. The first-order valence-corrected chi connectivity index (χ1v) is 9.11. The van der Waals surface area contributed by atoms with Crippen LogP contribution in [0, 0.1) is 5.92 Å². The van der Waals surface area contributed by atoms with E-state index in [-0.39, 0.29) is 24.9 Å². The maximum Gasteiger partial charge on any atom is 0.417 e. The topological polar surface area (TPSA) is 72.2 Å². The van der Waals surface area contributed by atoms with Gasteiger partial charge >= 0.3 is 6.18 Å². The van der Waals surface area contributed by atoms with E-state index >= 15 is 0 Å². The fourth-order valence-electron chi connectivity index (χ4n) is 2.91. The molecular formula is C14H19Cl2F3N2O2S. The van der Waals surface area contributed by atoms with Gasteiger partial charge in [-0.25, -0.2) is 13.1 Å². The summed E-state index contributed by atoms with van der Waals surface area (Å²) in [6.45, 7) is 0.280.